The quantitative estimate of drug-likeness (QED) is 0.596. The van der Waals surface area contributed by atoms with Gasteiger partial charge in [-0.2, -0.15) is 0 Å². The number of rotatable bonds is 2. The Morgan fingerprint density at radius 3 is 2.80 bits per heavy atom. The molecule has 0 bridgehead atoms. The average molecular weight is 136 g/mol. The zero-order valence-corrected chi connectivity index (χ0v) is 5.50. The third-order valence-corrected chi connectivity index (χ3v) is 1.06. The fourth-order valence-electron chi connectivity index (χ4n) is 0.561. The Labute approximate surface area is 58.7 Å². The number of aromatic nitrogens is 1. The topological polar surface area (TPSA) is 39.2 Å². The number of methoxy groups -OCH3 is 1. The van der Waals surface area contributed by atoms with E-state index >= 15 is 0 Å². The first-order valence-electron chi connectivity index (χ1n) is 2.75. The van der Waals surface area contributed by atoms with Gasteiger partial charge >= 0.3 is 0 Å². The molecule has 1 rings (SSSR count). The van der Waals surface area contributed by atoms with Crippen LogP contribution in [0.2, 0.25) is 0 Å². The number of nitrogens with zero attached hydrogens (tertiary/aromatic N) is 1. The largest absolute Gasteiger partial charge is 0.481 e. The van der Waals surface area contributed by atoms with Crippen molar-refractivity contribution in [1.29, 1.82) is 0 Å². The van der Waals surface area contributed by atoms with E-state index in [1.54, 1.807) is 18.4 Å². The summed E-state index contributed by atoms with van der Waals surface area (Å²) in [5.41, 5.74) is 0.431. The molecule has 0 aliphatic rings. The Bertz CT molecular complexity index is 218. The van der Waals surface area contributed by atoms with Gasteiger partial charge in [0.25, 0.3) is 0 Å². The molecule has 10 heavy (non-hydrogen) atoms. The molecule has 0 N–H and O–H groups in total. The first kappa shape index (κ1) is 6.74. The van der Waals surface area contributed by atoms with Crippen LogP contribution in [0.5, 0.6) is 5.88 Å². The monoisotopic (exact) mass is 136 g/mol. The summed E-state index contributed by atoms with van der Waals surface area (Å²) in [6, 6.07) is 3.21. The van der Waals surface area contributed by atoms with E-state index in [4.69, 9.17) is 4.74 Å². The molecule has 0 amide bonds. The van der Waals surface area contributed by atoms with E-state index in [0.717, 1.165) is 0 Å². The molecule has 51 valence electrons. The maximum absolute atomic E-state index is 10.0. The minimum Gasteiger partial charge on any atom is -0.481 e. The molecule has 0 aromatic carbocycles. The summed E-state index contributed by atoms with van der Waals surface area (Å²) in [5, 5.41) is 0. The van der Waals surface area contributed by atoms with Crippen LogP contribution in [-0.2, 0) is 4.79 Å². The van der Waals surface area contributed by atoms with Crippen LogP contribution in [0, 0.1) is 0 Å². The average Bonchev–Trinajstić information content (AvgIpc) is 2.05. The van der Waals surface area contributed by atoms with Gasteiger partial charge in [0.05, 0.1) is 7.11 Å². The van der Waals surface area contributed by atoms with Gasteiger partial charge in [0, 0.05) is 17.8 Å². The molecular formula is C7H6NO2. The molecule has 0 saturated carbocycles. The highest BCUT2D eigenvalue weighted by atomic mass is 16.5. The van der Waals surface area contributed by atoms with Crippen LogP contribution in [0.1, 0.15) is 5.56 Å². The fourth-order valence-corrected chi connectivity index (χ4v) is 0.561. The lowest BCUT2D eigenvalue weighted by Crippen LogP contribution is -1.87. The molecule has 3 nitrogen and oxygen atoms in total. The lowest BCUT2D eigenvalue weighted by molar-refractivity contribution is 0.398. The maximum atomic E-state index is 10.0. The Kier molecular flexibility index (Phi) is 1.99. The van der Waals surface area contributed by atoms with Crippen LogP contribution >= 0.6 is 0 Å². The number of ether oxygens (including phenoxy) is 1. The number of pyridine rings is 1. The van der Waals surface area contributed by atoms with Crippen molar-refractivity contribution in [3.63, 3.8) is 0 Å². The van der Waals surface area contributed by atoms with Crippen LogP contribution in [0.4, 0.5) is 0 Å². The molecule has 1 heterocycles. The van der Waals surface area contributed by atoms with E-state index in [9.17, 15) is 4.79 Å². The molecule has 0 spiro atoms. The van der Waals surface area contributed by atoms with Gasteiger partial charge in [-0.1, -0.05) is 0 Å². The molecule has 1 radical (unpaired) electrons. The van der Waals surface area contributed by atoms with Crippen molar-refractivity contribution in [2.24, 2.45) is 0 Å². The Morgan fingerprint density at radius 2 is 2.40 bits per heavy atom. The summed E-state index contributed by atoms with van der Waals surface area (Å²) in [4.78, 5) is 13.8. The normalized spacial score (nSPS) is 8.90. The predicted octanol–water partition coefficient (Wildman–Crippen LogP) is 0.548. The minimum atomic E-state index is 0.431. The zero-order chi connectivity index (χ0) is 7.40. The van der Waals surface area contributed by atoms with Crippen molar-refractivity contribution in [3.05, 3.63) is 23.9 Å². The van der Waals surface area contributed by atoms with E-state index in [-0.39, 0.29) is 0 Å². The first-order chi connectivity index (χ1) is 4.86. The van der Waals surface area contributed by atoms with Gasteiger partial charge in [-0.15, -0.1) is 0 Å². The van der Waals surface area contributed by atoms with Gasteiger partial charge in [-0.3, -0.25) is 4.79 Å². The highest BCUT2D eigenvalue weighted by Crippen LogP contribution is 2.03. The fraction of sp³-hybridized carbons (Fsp3) is 0.143. The van der Waals surface area contributed by atoms with Crippen molar-refractivity contribution >= 4 is 6.29 Å². The molecule has 0 aliphatic heterocycles. The van der Waals surface area contributed by atoms with Crippen molar-refractivity contribution in [3.8, 4) is 5.88 Å². The summed E-state index contributed by atoms with van der Waals surface area (Å²) in [6.45, 7) is 0. The van der Waals surface area contributed by atoms with E-state index in [2.05, 4.69) is 4.98 Å². The lowest BCUT2D eigenvalue weighted by Gasteiger charge is -1.94. The summed E-state index contributed by atoms with van der Waals surface area (Å²) >= 11 is 0. The van der Waals surface area contributed by atoms with Gasteiger partial charge in [-0.25, -0.2) is 4.98 Å². The smallest absolute Gasteiger partial charge is 0.235 e. The summed E-state index contributed by atoms with van der Waals surface area (Å²) in [7, 11) is 1.52. The molecule has 0 aliphatic carbocycles. The third-order valence-electron chi connectivity index (χ3n) is 1.06. The lowest BCUT2D eigenvalue weighted by atomic mass is 10.3. The highest BCUT2D eigenvalue weighted by molar-refractivity contribution is 5.74. The third kappa shape index (κ3) is 1.31. The highest BCUT2D eigenvalue weighted by Gasteiger charge is 1.92. The summed E-state index contributed by atoms with van der Waals surface area (Å²) in [5.74, 6) is 0.499. The molecule has 0 saturated heterocycles. The minimum absolute atomic E-state index is 0.431. The SMILES string of the molecule is COc1ccc([C]=O)cn1. The molecule has 1 aromatic rings. The van der Waals surface area contributed by atoms with Crippen molar-refractivity contribution in [1.82, 2.24) is 4.98 Å². The van der Waals surface area contributed by atoms with E-state index < -0.39 is 0 Å². The van der Waals surface area contributed by atoms with Crippen LogP contribution < -0.4 is 4.74 Å². The van der Waals surface area contributed by atoms with Gasteiger partial charge in [-0.05, 0) is 6.07 Å². The summed E-state index contributed by atoms with van der Waals surface area (Å²) < 4.78 is 4.77. The molecule has 1 aromatic heterocycles. The molecular weight excluding hydrogens is 130 g/mol. The second kappa shape index (κ2) is 2.96. The molecule has 0 atom stereocenters. The molecule has 3 heteroatoms. The van der Waals surface area contributed by atoms with Crippen molar-refractivity contribution < 1.29 is 9.53 Å². The number of hydrogen-bond donors (Lipinski definition) is 0. The number of carbonyl (C=O) groups excluding carboxylic acids is 1. The second-order valence-electron chi connectivity index (χ2n) is 1.69. The molecule has 0 fully saturated rings. The number of hydrogen-bond acceptors (Lipinski definition) is 3. The van der Waals surface area contributed by atoms with Gasteiger partial charge in [0.2, 0.25) is 12.2 Å². The predicted molar refractivity (Wildman–Crippen MR) is 35.6 cm³/mol. The zero-order valence-electron chi connectivity index (χ0n) is 5.50. The van der Waals surface area contributed by atoms with Crippen molar-refractivity contribution in [2.75, 3.05) is 7.11 Å². The summed E-state index contributed by atoms with van der Waals surface area (Å²) in [6.07, 6.45) is 3.12. The van der Waals surface area contributed by atoms with E-state index in [1.807, 2.05) is 0 Å². The van der Waals surface area contributed by atoms with E-state index in [0.29, 0.717) is 11.4 Å². The van der Waals surface area contributed by atoms with Gasteiger partial charge in [0.15, 0.2) is 0 Å². The van der Waals surface area contributed by atoms with Crippen LogP contribution in [0.3, 0.4) is 0 Å². The van der Waals surface area contributed by atoms with Crippen LogP contribution in [0.15, 0.2) is 18.3 Å². The maximum Gasteiger partial charge on any atom is 0.235 e. The van der Waals surface area contributed by atoms with Gasteiger partial charge in [0.1, 0.15) is 0 Å². The van der Waals surface area contributed by atoms with Crippen LogP contribution in [0.25, 0.3) is 0 Å². The standard InChI is InChI=1S/C7H6NO2/c1-10-7-3-2-6(5-9)4-8-7/h2-4H,1H3. The van der Waals surface area contributed by atoms with E-state index in [1.165, 1.54) is 13.3 Å². The Morgan fingerprint density at radius 1 is 1.60 bits per heavy atom. The van der Waals surface area contributed by atoms with Crippen molar-refractivity contribution in [2.45, 2.75) is 0 Å². The van der Waals surface area contributed by atoms with Gasteiger partial charge < -0.3 is 4.74 Å². The Balaban J connectivity index is 2.90. The van der Waals surface area contributed by atoms with Crippen LogP contribution in [-0.4, -0.2) is 18.4 Å². The second-order valence-corrected chi connectivity index (χ2v) is 1.69. The molecule has 0 unspecified atom stereocenters. The Hall–Kier alpha value is -1.38. The first-order valence-corrected chi connectivity index (χ1v) is 2.75.